The Hall–Kier alpha value is -1.97. The van der Waals surface area contributed by atoms with Crippen LogP contribution in [0.15, 0.2) is 35.9 Å². The first-order valence-corrected chi connectivity index (χ1v) is 4.55. The molecule has 2 rings (SSSR count). The Balaban J connectivity index is 2.29. The third-order valence-corrected chi connectivity index (χ3v) is 2.33. The molecule has 78 valence electrons. The van der Waals surface area contributed by atoms with Gasteiger partial charge in [0.15, 0.2) is 6.10 Å². The first kappa shape index (κ1) is 9.58. The van der Waals surface area contributed by atoms with Gasteiger partial charge >= 0.3 is 0 Å². The minimum absolute atomic E-state index is 0.203. The van der Waals surface area contributed by atoms with Crippen LogP contribution in [0, 0.1) is 6.92 Å². The number of aliphatic hydroxyl groups excluding tert-OH is 1. The molecule has 0 fully saturated rings. The van der Waals surface area contributed by atoms with Crippen LogP contribution in [0.2, 0.25) is 0 Å². The number of hydrogen-bond acceptors (Lipinski definition) is 4. The van der Waals surface area contributed by atoms with E-state index in [2.05, 4.69) is 0 Å². The van der Waals surface area contributed by atoms with Crippen LogP contribution in [-0.2, 0) is 9.53 Å². The number of ether oxygens (including phenoxy) is 1. The largest absolute Gasteiger partial charge is 0.501 e. The number of carbonyl (C=O) groups excluding carboxylic acids is 1. The second-order valence-electron chi connectivity index (χ2n) is 3.49. The van der Waals surface area contributed by atoms with Crippen molar-refractivity contribution in [3.05, 3.63) is 47.0 Å². The zero-order chi connectivity index (χ0) is 11.0. The van der Waals surface area contributed by atoms with Gasteiger partial charge in [0.1, 0.15) is 0 Å². The van der Waals surface area contributed by atoms with Gasteiger partial charge in [0.05, 0.1) is 0 Å². The Morgan fingerprint density at radius 3 is 2.40 bits per heavy atom. The molecule has 1 aromatic carbocycles. The summed E-state index contributed by atoms with van der Waals surface area (Å²) >= 11 is 0. The fraction of sp³-hybridized carbons (Fsp3) is 0.182. The van der Waals surface area contributed by atoms with Gasteiger partial charge in [0.25, 0.3) is 0 Å². The van der Waals surface area contributed by atoms with E-state index in [-0.39, 0.29) is 5.88 Å². The first-order valence-electron chi connectivity index (χ1n) is 4.55. The molecule has 1 aliphatic heterocycles. The zero-order valence-corrected chi connectivity index (χ0v) is 8.23. The average Bonchev–Trinajstić information content (AvgIpc) is 2.47. The molecule has 0 aromatic heterocycles. The monoisotopic (exact) mass is 205 g/mol. The zero-order valence-electron chi connectivity index (χ0n) is 8.23. The van der Waals surface area contributed by atoms with Crippen LogP contribution >= 0.6 is 0 Å². The van der Waals surface area contributed by atoms with Gasteiger partial charge in [-0.05, 0) is 6.92 Å². The lowest BCUT2D eigenvalue weighted by atomic mass is 10.0. The summed E-state index contributed by atoms with van der Waals surface area (Å²) in [6.07, 6.45) is -0.800. The predicted octanol–water partition coefficient (Wildman–Crippen LogP) is 1.32. The van der Waals surface area contributed by atoms with Gasteiger partial charge in [0, 0.05) is 5.56 Å². The van der Waals surface area contributed by atoms with E-state index >= 15 is 0 Å². The number of rotatable bonds is 1. The summed E-state index contributed by atoms with van der Waals surface area (Å²) in [5.74, 6) is -1.18. The molecule has 0 saturated heterocycles. The number of hydrogen-bond donors (Lipinski definition) is 2. The summed E-state index contributed by atoms with van der Waals surface area (Å²) in [7, 11) is 0. The van der Waals surface area contributed by atoms with Gasteiger partial charge in [-0.3, -0.25) is 4.79 Å². The van der Waals surface area contributed by atoms with Crippen molar-refractivity contribution in [3.63, 3.8) is 0 Å². The van der Waals surface area contributed by atoms with E-state index in [4.69, 9.17) is 10.5 Å². The number of aliphatic hydroxyl groups is 1. The molecule has 1 aromatic rings. The maximum Gasteiger partial charge on any atom is 0.247 e. The lowest BCUT2D eigenvalue weighted by Crippen LogP contribution is -2.09. The highest BCUT2D eigenvalue weighted by molar-refractivity contribution is 5.99. The average molecular weight is 205 g/mol. The molecule has 0 spiro atoms. The lowest BCUT2D eigenvalue weighted by molar-refractivity contribution is -0.123. The maximum absolute atomic E-state index is 11.5. The predicted molar refractivity (Wildman–Crippen MR) is 53.9 cm³/mol. The third-order valence-electron chi connectivity index (χ3n) is 2.33. The van der Waals surface area contributed by atoms with Crippen LogP contribution in [-0.4, -0.2) is 10.9 Å². The standard InChI is InChI=1S/C11H11NO3/c1-6-2-4-7(5-3-6)10-8(13)9(14)11(12)15-10/h2-5,10,14H,12H2,1H3. The summed E-state index contributed by atoms with van der Waals surface area (Å²) in [6.45, 7) is 1.95. The number of Topliss-reactive ketones (excluding diaryl/α,β-unsaturated/α-hetero) is 1. The molecule has 15 heavy (non-hydrogen) atoms. The van der Waals surface area contributed by atoms with Crippen molar-refractivity contribution in [1.29, 1.82) is 0 Å². The highest BCUT2D eigenvalue weighted by Gasteiger charge is 2.35. The van der Waals surface area contributed by atoms with E-state index < -0.39 is 17.6 Å². The van der Waals surface area contributed by atoms with Crippen molar-refractivity contribution in [3.8, 4) is 0 Å². The Morgan fingerprint density at radius 2 is 1.93 bits per heavy atom. The van der Waals surface area contributed by atoms with E-state index in [0.29, 0.717) is 5.56 Å². The van der Waals surface area contributed by atoms with Gasteiger partial charge in [0.2, 0.25) is 17.4 Å². The Kier molecular flexibility index (Phi) is 2.11. The van der Waals surface area contributed by atoms with Crippen molar-refractivity contribution in [2.75, 3.05) is 0 Å². The number of nitrogens with two attached hydrogens (primary N) is 1. The SMILES string of the molecule is Cc1ccc(C2OC(N)=C(O)C2=O)cc1. The van der Waals surface area contributed by atoms with Crippen molar-refractivity contribution >= 4 is 5.78 Å². The number of carbonyl (C=O) groups is 1. The van der Waals surface area contributed by atoms with Crippen LogP contribution in [0.4, 0.5) is 0 Å². The van der Waals surface area contributed by atoms with Gasteiger partial charge in [-0.25, -0.2) is 0 Å². The molecule has 1 unspecified atom stereocenters. The molecular formula is C11H11NO3. The van der Waals surface area contributed by atoms with Gasteiger partial charge < -0.3 is 15.6 Å². The Morgan fingerprint density at radius 1 is 1.33 bits per heavy atom. The van der Waals surface area contributed by atoms with Gasteiger partial charge in [-0.2, -0.15) is 0 Å². The van der Waals surface area contributed by atoms with Crippen molar-refractivity contribution in [2.45, 2.75) is 13.0 Å². The molecule has 0 radical (unpaired) electrons. The van der Waals surface area contributed by atoms with E-state index in [0.717, 1.165) is 5.56 Å². The van der Waals surface area contributed by atoms with Crippen molar-refractivity contribution < 1.29 is 14.6 Å². The van der Waals surface area contributed by atoms with Gasteiger partial charge in [-0.15, -0.1) is 0 Å². The van der Waals surface area contributed by atoms with Crippen molar-refractivity contribution in [2.24, 2.45) is 5.73 Å². The van der Waals surface area contributed by atoms with E-state index in [1.165, 1.54) is 0 Å². The van der Waals surface area contributed by atoms with E-state index in [1.54, 1.807) is 12.1 Å². The maximum atomic E-state index is 11.5. The molecule has 0 aliphatic carbocycles. The quantitative estimate of drug-likeness (QED) is 0.725. The lowest BCUT2D eigenvalue weighted by Gasteiger charge is -2.09. The molecule has 1 heterocycles. The number of benzene rings is 1. The molecule has 0 saturated carbocycles. The first-order chi connectivity index (χ1) is 7.09. The van der Waals surface area contributed by atoms with Crippen LogP contribution in [0.1, 0.15) is 17.2 Å². The molecular weight excluding hydrogens is 194 g/mol. The van der Waals surface area contributed by atoms with Crippen LogP contribution in [0.25, 0.3) is 0 Å². The second-order valence-corrected chi connectivity index (χ2v) is 3.49. The summed E-state index contributed by atoms with van der Waals surface area (Å²) in [5, 5.41) is 9.23. The topological polar surface area (TPSA) is 72.6 Å². The third kappa shape index (κ3) is 1.54. The molecule has 0 bridgehead atoms. The summed E-state index contributed by atoms with van der Waals surface area (Å²) in [6, 6.07) is 7.31. The molecule has 4 heteroatoms. The summed E-state index contributed by atoms with van der Waals surface area (Å²) < 4.78 is 5.07. The number of ketones is 1. The van der Waals surface area contributed by atoms with Crippen LogP contribution in [0.5, 0.6) is 0 Å². The molecule has 1 atom stereocenters. The summed E-state index contributed by atoms with van der Waals surface area (Å²) in [4.78, 5) is 11.5. The molecule has 4 nitrogen and oxygen atoms in total. The summed E-state index contributed by atoms with van der Waals surface area (Å²) in [5.41, 5.74) is 7.10. The van der Waals surface area contributed by atoms with Crippen LogP contribution < -0.4 is 5.73 Å². The second kappa shape index (κ2) is 3.31. The number of aryl methyl sites for hydroxylation is 1. The Bertz CT molecular complexity index is 434. The minimum atomic E-state index is -0.800. The smallest absolute Gasteiger partial charge is 0.247 e. The molecule has 1 aliphatic rings. The van der Waals surface area contributed by atoms with E-state index in [1.807, 2.05) is 19.1 Å². The fourth-order valence-electron chi connectivity index (χ4n) is 1.44. The highest BCUT2D eigenvalue weighted by Crippen LogP contribution is 2.29. The normalized spacial score (nSPS) is 20.6. The van der Waals surface area contributed by atoms with E-state index in [9.17, 15) is 9.90 Å². The molecule has 3 N–H and O–H groups in total. The van der Waals surface area contributed by atoms with Crippen LogP contribution in [0.3, 0.4) is 0 Å². The highest BCUT2D eigenvalue weighted by atomic mass is 16.5. The van der Waals surface area contributed by atoms with Gasteiger partial charge in [-0.1, -0.05) is 29.8 Å². The molecule has 0 amide bonds. The van der Waals surface area contributed by atoms with Crippen molar-refractivity contribution in [1.82, 2.24) is 0 Å². The Labute approximate surface area is 87.0 Å². The minimum Gasteiger partial charge on any atom is -0.501 e. The fourth-order valence-corrected chi connectivity index (χ4v) is 1.44.